The molecule has 1 aromatic carbocycles. The van der Waals surface area contributed by atoms with Crippen molar-refractivity contribution in [3.8, 4) is 0 Å². The van der Waals surface area contributed by atoms with Crippen molar-refractivity contribution in [3.05, 3.63) is 33.6 Å². The predicted octanol–water partition coefficient (Wildman–Crippen LogP) is 3.69. The highest BCUT2D eigenvalue weighted by Gasteiger charge is 2.38. The molecule has 1 rings (SSSR count). The Morgan fingerprint density at radius 3 is 1.87 bits per heavy atom. The van der Waals surface area contributed by atoms with Gasteiger partial charge in [0.05, 0.1) is 10.0 Å². The van der Waals surface area contributed by atoms with Gasteiger partial charge in [-0.25, -0.2) is 4.39 Å². The number of rotatable bonds is 1. The van der Waals surface area contributed by atoms with Crippen LogP contribution >= 0.6 is 23.2 Å². The van der Waals surface area contributed by atoms with Crippen molar-refractivity contribution < 1.29 is 17.6 Å². The van der Waals surface area contributed by atoms with Crippen LogP contribution in [0, 0.1) is 5.82 Å². The van der Waals surface area contributed by atoms with Gasteiger partial charge in [0.2, 0.25) is 0 Å². The van der Waals surface area contributed by atoms with Gasteiger partial charge in [-0.2, -0.15) is 13.2 Å². The van der Waals surface area contributed by atoms with E-state index in [2.05, 4.69) is 0 Å². The fourth-order valence-corrected chi connectivity index (χ4v) is 1.45. The van der Waals surface area contributed by atoms with E-state index < -0.39 is 28.1 Å². The number of hydrogen-bond acceptors (Lipinski definition) is 1. The average Bonchev–Trinajstić information content (AvgIpc) is 2.10. The Bertz CT molecular complexity index is 354. The Hall–Kier alpha value is -0.520. The number of hydrogen-bond donors (Lipinski definition) is 1. The summed E-state index contributed by atoms with van der Waals surface area (Å²) >= 11 is 10.7. The third-order valence-electron chi connectivity index (χ3n) is 1.72. The molecule has 0 aliphatic carbocycles. The lowest BCUT2D eigenvalue weighted by molar-refractivity contribution is -0.149. The van der Waals surface area contributed by atoms with Crippen molar-refractivity contribution in [1.82, 2.24) is 0 Å². The molecule has 0 aromatic heterocycles. The molecule has 0 amide bonds. The molecule has 0 saturated heterocycles. The van der Waals surface area contributed by atoms with Gasteiger partial charge in [0.15, 0.2) is 5.82 Å². The van der Waals surface area contributed by atoms with E-state index in [0.29, 0.717) is 0 Å². The van der Waals surface area contributed by atoms with Crippen LogP contribution in [-0.4, -0.2) is 6.18 Å². The smallest absolute Gasteiger partial charge is 0.316 e. The summed E-state index contributed by atoms with van der Waals surface area (Å²) in [4.78, 5) is 0. The first-order valence-electron chi connectivity index (χ1n) is 3.70. The molecule has 0 aliphatic heterocycles. The molecule has 1 atom stereocenters. The molecule has 0 aliphatic rings. The normalized spacial score (nSPS) is 14.1. The van der Waals surface area contributed by atoms with Gasteiger partial charge in [0.25, 0.3) is 0 Å². The van der Waals surface area contributed by atoms with E-state index in [9.17, 15) is 17.6 Å². The standard InChI is InChI=1S/C8H5Cl2F4N/c9-4-1-3(2-5(10)6(4)11)7(15)8(12,13)14/h1-2,7H,15H2. The number of benzene rings is 1. The van der Waals surface area contributed by atoms with Crippen molar-refractivity contribution >= 4 is 23.2 Å². The fraction of sp³-hybridized carbons (Fsp3) is 0.250. The van der Waals surface area contributed by atoms with Gasteiger partial charge in [0.1, 0.15) is 6.04 Å². The zero-order valence-corrected chi connectivity index (χ0v) is 8.59. The van der Waals surface area contributed by atoms with Crippen molar-refractivity contribution in [2.75, 3.05) is 0 Å². The lowest BCUT2D eigenvalue weighted by Gasteiger charge is -2.16. The van der Waals surface area contributed by atoms with E-state index in [4.69, 9.17) is 28.9 Å². The van der Waals surface area contributed by atoms with Crippen molar-refractivity contribution in [1.29, 1.82) is 0 Å². The molecule has 0 bridgehead atoms. The van der Waals surface area contributed by atoms with Crippen LogP contribution in [0.15, 0.2) is 12.1 Å². The highest BCUT2D eigenvalue weighted by atomic mass is 35.5. The predicted molar refractivity (Wildman–Crippen MR) is 49.4 cm³/mol. The molecule has 7 heteroatoms. The first-order chi connectivity index (χ1) is 6.73. The lowest BCUT2D eigenvalue weighted by Crippen LogP contribution is -2.28. The third-order valence-corrected chi connectivity index (χ3v) is 2.27. The minimum Gasteiger partial charge on any atom is -0.316 e. The van der Waals surface area contributed by atoms with Crippen molar-refractivity contribution in [3.63, 3.8) is 0 Å². The van der Waals surface area contributed by atoms with Gasteiger partial charge < -0.3 is 5.73 Å². The third kappa shape index (κ3) is 2.74. The Morgan fingerprint density at radius 1 is 1.13 bits per heavy atom. The van der Waals surface area contributed by atoms with E-state index in [0.717, 1.165) is 12.1 Å². The monoisotopic (exact) mass is 261 g/mol. The molecular formula is C8H5Cl2F4N. The fourth-order valence-electron chi connectivity index (χ4n) is 0.944. The quantitative estimate of drug-likeness (QED) is 0.606. The zero-order valence-electron chi connectivity index (χ0n) is 7.08. The summed E-state index contributed by atoms with van der Waals surface area (Å²) in [6, 6.07) is -0.616. The van der Waals surface area contributed by atoms with E-state index in [1.165, 1.54) is 0 Å². The van der Waals surface area contributed by atoms with Gasteiger partial charge >= 0.3 is 6.18 Å². The Labute approximate surface area is 92.8 Å². The van der Waals surface area contributed by atoms with Gasteiger partial charge in [-0.1, -0.05) is 23.2 Å². The Balaban J connectivity index is 3.17. The van der Waals surface area contributed by atoms with Crippen molar-refractivity contribution in [2.24, 2.45) is 5.73 Å². The molecule has 0 spiro atoms. The van der Waals surface area contributed by atoms with E-state index >= 15 is 0 Å². The number of alkyl halides is 3. The van der Waals surface area contributed by atoms with Gasteiger partial charge in [-0.3, -0.25) is 0 Å². The molecular weight excluding hydrogens is 257 g/mol. The summed E-state index contributed by atoms with van der Waals surface area (Å²) in [5, 5.41) is -0.977. The topological polar surface area (TPSA) is 26.0 Å². The highest BCUT2D eigenvalue weighted by molar-refractivity contribution is 6.35. The van der Waals surface area contributed by atoms with Crippen LogP contribution in [0.1, 0.15) is 11.6 Å². The Morgan fingerprint density at radius 2 is 1.53 bits per heavy atom. The molecule has 15 heavy (non-hydrogen) atoms. The molecule has 1 nitrogen and oxygen atoms in total. The SMILES string of the molecule is NC(c1cc(Cl)c(F)c(Cl)c1)C(F)(F)F. The second-order valence-corrected chi connectivity index (χ2v) is 3.63. The van der Waals surface area contributed by atoms with Crippen molar-refractivity contribution in [2.45, 2.75) is 12.2 Å². The largest absolute Gasteiger partial charge is 0.407 e. The molecule has 1 aromatic rings. The minimum atomic E-state index is -4.62. The molecule has 0 saturated carbocycles. The summed E-state index contributed by atoms with van der Waals surface area (Å²) in [6.07, 6.45) is -4.62. The number of nitrogens with two attached hydrogens (primary N) is 1. The summed E-state index contributed by atoms with van der Waals surface area (Å²) < 4.78 is 49.5. The zero-order chi connectivity index (χ0) is 11.8. The van der Waals surface area contributed by atoms with E-state index in [1.54, 1.807) is 0 Å². The molecule has 2 N–H and O–H groups in total. The molecule has 0 radical (unpaired) electrons. The van der Waals surface area contributed by atoms with Crippen LogP contribution in [0.5, 0.6) is 0 Å². The van der Waals surface area contributed by atoms with Crippen LogP contribution in [0.4, 0.5) is 17.6 Å². The summed E-state index contributed by atoms with van der Waals surface area (Å²) in [6.45, 7) is 0. The van der Waals surface area contributed by atoms with Crippen LogP contribution in [-0.2, 0) is 0 Å². The summed E-state index contributed by atoms with van der Waals surface area (Å²) in [5.74, 6) is -0.962. The van der Waals surface area contributed by atoms with Crippen LogP contribution < -0.4 is 5.73 Å². The second kappa shape index (κ2) is 4.15. The summed E-state index contributed by atoms with van der Waals surface area (Å²) in [7, 11) is 0. The second-order valence-electron chi connectivity index (χ2n) is 2.82. The van der Waals surface area contributed by atoms with Crippen LogP contribution in [0.25, 0.3) is 0 Å². The lowest BCUT2D eigenvalue weighted by atomic mass is 10.1. The van der Waals surface area contributed by atoms with E-state index in [1.807, 2.05) is 0 Å². The first-order valence-corrected chi connectivity index (χ1v) is 4.46. The molecule has 84 valence electrons. The maximum Gasteiger partial charge on any atom is 0.407 e. The molecule has 0 heterocycles. The van der Waals surface area contributed by atoms with Gasteiger partial charge in [-0.05, 0) is 17.7 Å². The van der Waals surface area contributed by atoms with Crippen LogP contribution in [0.2, 0.25) is 10.0 Å². The maximum atomic E-state index is 12.9. The minimum absolute atomic E-state index is 0.376. The van der Waals surface area contributed by atoms with E-state index in [-0.39, 0.29) is 5.56 Å². The average molecular weight is 262 g/mol. The summed E-state index contributed by atoms with van der Waals surface area (Å²) in [5.41, 5.74) is 4.52. The van der Waals surface area contributed by atoms with Gasteiger partial charge in [-0.15, -0.1) is 0 Å². The van der Waals surface area contributed by atoms with Crippen LogP contribution in [0.3, 0.4) is 0 Å². The molecule has 1 unspecified atom stereocenters. The Kier molecular flexibility index (Phi) is 3.48. The molecule has 0 fully saturated rings. The van der Waals surface area contributed by atoms with Gasteiger partial charge in [0, 0.05) is 0 Å². The number of halogens is 6. The maximum absolute atomic E-state index is 12.9. The highest BCUT2D eigenvalue weighted by Crippen LogP contribution is 2.34. The first kappa shape index (κ1) is 12.5.